The lowest BCUT2D eigenvalue weighted by atomic mass is 10.2. The van der Waals surface area contributed by atoms with E-state index in [-0.39, 0.29) is 12.1 Å². The number of rotatable bonds is 2. The third-order valence-corrected chi connectivity index (χ3v) is 3.73. The Labute approximate surface area is 135 Å². The summed E-state index contributed by atoms with van der Waals surface area (Å²) in [5.74, 6) is 1.36. The minimum Gasteiger partial charge on any atom is -0.444 e. The number of amides is 1. The van der Waals surface area contributed by atoms with Gasteiger partial charge in [-0.1, -0.05) is 30.3 Å². The molecule has 1 saturated heterocycles. The van der Waals surface area contributed by atoms with Crippen LogP contribution in [0.2, 0.25) is 0 Å². The first-order valence-electron chi connectivity index (χ1n) is 7.91. The fraction of sp³-hybridized carbons (Fsp3) is 0.471. The number of aromatic nitrogens is 3. The maximum atomic E-state index is 12.4. The maximum absolute atomic E-state index is 12.4. The molecule has 23 heavy (non-hydrogen) atoms. The van der Waals surface area contributed by atoms with Crippen molar-refractivity contribution < 1.29 is 9.53 Å². The smallest absolute Gasteiger partial charge is 0.410 e. The number of nitrogens with zero attached hydrogens (tertiary/aromatic N) is 3. The van der Waals surface area contributed by atoms with Crippen LogP contribution in [-0.2, 0) is 4.74 Å². The number of ether oxygens (including phenoxy) is 1. The van der Waals surface area contributed by atoms with E-state index in [1.807, 2.05) is 51.1 Å². The van der Waals surface area contributed by atoms with E-state index < -0.39 is 5.60 Å². The highest BCUT2D eigenvalue weighted by Crippen LogP contribution is 2.32. The fourth-order valence-electron chi connectivity index (χ4n) is 2.73. The summed E-state index contributed by atoms with van der Waals surface area (Å²) in [4.78, 5) is 18.7. The number of benzene rings is 1. The molecule has 3 rings (SSSR count). The Morgan fingerprint density at radius 1 is 1.30 bits per heavy atom. The Balaban J connectivity index is 1.78. The molecule has 1 aliphatic heterocycles. The Hall–Kier alpha value is -2.37. The number of nitrogens with one attached hydrogen (secondary N) is 1. The Kier molecular flexibility index (Phi) is 4.07. The van der Waals surface area contributed by atoms with Crippen molar-refractivity contribution in [3.8, 4) is 11.4 Å². The average molecular weight is 314 g/mol. The van der Waals surface area contributed by atoms with Crippen LogP contribution in [0, 0.1) is 0 Å². The lowest BCUT2D eigenvalue weighted by molar-refractivity contribution is 0.0218. The van der Waals surface area contributed by atoms with E-state index in [1.54, 1.807) is 4.90 Å². The van der Waals surface area contributed by atoms with Gasteiger partial charge in [0.1, 0.15) is 11.4 Å². The van der Waals surface area contributed by atoms with Gasteiger partial charge in [0.05, 0.1) is 6.04 Å². The predicted molar refractivity (Wildman–Crippen MR) is 86.7 cm³/mol. The van der Waals surface area contributed by atoms with E-state index in [9.17, 15) is 4.79 Å². The molecule has 1 amide bonds. The number of carbonyl (C=O) groups excluding carboxylic acids is 1. The fourth-order valence-corrected chi connectivity index (χ4v) is 2.73. The number of H-pyrrole nitrogens is 1. The molecule has 0 saturated carbocycles. The van der Waals surface area contributed by atoms with Crippen molar-refractivity contribution in [1.82, 2.24) is 20.1 Å². The van der Waals surface area contributed by atoms with E-state index in [0.717, 1.165) is 18.4 Å². The first kappa shape index (κ1) is 15.5. The molecule has 2 aromatic rings. The largest absolute Gasteiger partial charge is 0.444 e. The minimum absolute atomic E-state index is 0.102. The summed E-state index contributed by atoms with van der Waals surface area (Å²) in [6.45, 7) is 6.30. The topological polar surface area (TPSA) is 71.1 Å². The predicted octanol–water partition coefficient (Wildman–Crippen LogP) is 3.54. The molecule has 1 aromatic carbocycles. The molecule has 1 aromatic heterocycles. The second-order valence-corrected chi connectivity index (χ2v) is 6.74. The summed E-state index contributed by atoms with van der Waals surface area (Å²) in [6, 6.07) is 9.69. The third kappa shape index (κ3) is 3.52. The molecular weight excluding hydrogens is 292 g/mol. The van der Waals surface area contributed by atoms with Gasteiger partial charge in [-0.15, -0.1) is 0 Å². The van der Waals surface area contributed by atoms with Gasteiger partial charge in [0, 0.05) is 12.1 Å². The van der Waals surface area contributed by atoms with Gasteiger partial charge in [0.15, 0.2) is 5.82 Å². The van der Waals surface area contributed by atoms with Gasteiger partial charge in [0.2, 0.25) is 0 Å². The summed E-state index contributed by atoms with van der Waals surface area (Å²) >= 11 is 0. The van der Waals surface area contributed by atoms with Gasteiger partial charge in [-0.3, -0.25) is 10.00 Å². The summed E-state index contributed by atoms with van der Waals surface area (Å²) in [6.07, 6.45) is 1.51. The Morgan fingerprint density at radius 3 is 2.74 bits per heavy atom. The Bertz CT molecular complexity index is 675. The van der Waals surface area contributed by atoms with Crippen LogP contribution in [0.5, 0.6) is 0 Å². The molecule has 0 spiro atoms. The van der Waals surface area contributed by atoms with E-state index in [0.29, 0.717) is 18.2 Å². The molecule has 122 valence electrons. The molecule has 1 N–H and O–H groups in total. The minimum atomic E-state index is -0.499. The van der Waals surface area contributed by atoms with Crippen LogP contribution in [-0.4, -0.2) is 38.3 Å². The second-order valence-electron chi connectivity index (χ2n) is 6.74. The molecule has 2 heterocycles. The van der Waals surface area contributed by atoms with Gasteiger partial charge in [-0.05, 0) is 33.6 Å². The molecule has 6 nitrogen and oxygen atoms in total. The average Bonchev–Trinajstić information content (AvgIpc) is 3.15. The molecule has 6 heteroatoms. The van der Waals surface area contributed by atoms with Gasteiger partial charge < -0.3 is 4.74 Å². The molecular formula is C17H22N4O2. The van der Waals surface area contributed by atoms with Crippen molar-refractivity contribution in [3.63, 3.8) is 0 Å². The highest BCUT2D eigenvalue weighted by Gasteiger charge is 2.35. The SMILES string of the molecule is CC(C)(C)OC(=O)N1CCCC1c1nc(-c2ccccc2)n[nH]1. The quantitative estimate of drug-likeness (QED) is 0.920. The van der Waals surface area contributed by atoms with Gasteiger partial charge in [-0.25, -0.2) is 9.78 Å². The van der Waals surface area contributed by atoms with Crippen LogP contribution in [0.1, 0.15) is 45.5 Å². The van der Waals surface area contributed by atoms with Gasteiger partial charge in [-0.2, -0.15) is 5.10 Å². The molecule has 0 aliphatic carbocycles. The first-order valence-corrected chi connectivity index (χ1v) is 7.91. The monoisotopic (exact) mass is 314 g/mol. The number of hydrogen-bond donors (Lipinski definition) is 1. The van der Waals surface area contributed by atoms with E-state index in [2.05, 4.69) is 15.2 Å². The summed E-state index contributed by atoms with van der Waals surface area (Å²) < 4.78 is 5.49. The maximum Gasteiger partial charge on any atom is 0.410 e. The molecule has 1 aliphatic rings. The summed E-state index contributed by atoms with van der Waals surface area (Å²) in [7, 11) is 0. The van der Waals surface area contributed by atoms with Crippen molar-refractivity contribution in [2.45, 2.75) is 45.3 Å². The Morgan fingerprint density at radius 2 is 2.04 bits per heavy atom. The van der Waals surface area contributed by atoms with Crippen LogP contribution in [0.3, 0.4) is 0 Å². The lowest BCUT2D eigenvalue weighted by Gasteiger charge is -2.27. The molecule has 0 bridgehead atoms. The van der Waals surface area contributed by atoms with Crippen molar-refractivity contribution >= 4 is 6.09 Å². The standard InChI is InChI=1S/C17H22N4O2/c1-17(2,3)23-16(22)21-11-7-10-13(21)15-18-14(19-20-15)12-8-5-4-6-9-12/h4-6,8-9,13H,7,10-11H2,1-3H3,(H,18,19,20). The van der Waals surface area contributed by atoms with E-state index in [1.165, 1.54) is 0 Å². The van der Waals surface area contributed by atoms with Crippen LogP contribution in [0.15, 0.2) is 30.3 Å². The zero-order chi connectivity index (χ0) is 16.4. The van der Waals surface area contributed by atoms with Gasteiger partial charge >= 0.3 is 6.09 Å². The molecule has 0 radical (unpaired) electrons. The van der Waals surface area contributed by atoms with Crippen LogP contribution < -0.4 is 0 Å². The van der Waals surface area contributed by atoms with Crippen LogP contribution >= 0.6 is 0 Å². The van der Waals surface area contributed by atoms with Crippen molar-refractivity contribution in [1.29, 1.82) is 0 Å². The lowest BCUT2D eigenvalue weighted by Crippen LogP contribution is -2.36. The number of likely N-dealkylation sites (tertiary alicyclic amines) is 1. The third-order valence-electron chi connectivity index (χ3n) is 3.73. The number of carbonyl (C=O) groups is 1. The molecule has 1 atom stereocenters. The zero-order valence-corrected chi connectivity index (χ0v) is 13.7. The van der Waals surface area contributed by atoms with E-state index >= 15 is 0 Å². The summed E-state index contributed by atoms with van der Waals surface area (Å²) in [5, 5.41) is 7.27. The van der Waals surface area contributed by atoms with Crippen molar-refractivity contribution in [2.75, 3.05) is 6.54 Å². The van der Waals surface area contributed by atoms with E-state index in [4.69, 9.17) is 4.74 Å². The van der Waals surface area contributed by atoms with Crippen molar-refractivity contribution in [3.05, 3.63) is 36.2 Å². The van der Waals surface area contributed by atoms with Gasteiger partial charge in [0.25, 0.3) is 0 Å². The second kappa shape index (κ2) is 6.02. The summed E-state index contributed by atoms with van der Waals surface area (Å²) in [5.41, 5.74) is 0.456. The van der Waals surface area contributed by atoms with Crippen LogP contribution in [0.25, 0.3) is 11.4 Å². The molecule has 1 fully saturated rings. The highest BCUT2D eigenvalue weighted by atomic mass is 16.6. The normalized spacial score (nSPS) is 18.2. The highest BCUT2D eigenvalue weighted by molar-refractivity contribution is 5.69. The molecule has 1 unspecified atom stereocenters. The van der Waals surface area contributed by atoms with Crippen LogP contribution in [0.4, 0.5) is 4.79 Å². The van der Waals surface area contributed by atoms with Crippen molar-refractivity contribution in [2.24, 2.45) is 0 Å². The number of hydrogen-bond acceptors (Lipinski definition) is 4. The first-order chi connectivity index (χ1) is 10.9. The zero-order valence-electron chi connectivity index (χ0n) is 13.7. The number of aromatic amines is 1.